The van der Waals surface area contributed by atoms with Crippen molar-refractivity contribution in [2.45, 2.75) is 87.0 Å². The molecular formula is C30H40Br2N2Ni. The number of rotatable bonds is 6. The minimum atomic E-state index is 0.0654. The summed E-state index contributed by atoms with van der Waals surface area (Å²) < 4.78 is 0. The second-order valence-corrected chi connectivity index (χ2v) is 15.4. The van der Waals surface area contributed by atoms with Crippen LogP contribution in [0.25, 0.3) is 0 Å². The van der Waals surface area contributed by atoms with Gasteiger partial charge in [-0.1, -0.05) is 84.9 Å². The van der Waals surface area contributed by atoms with Crippen molar-refractivity contribution in [3.05, 3.63) is 58.7 Å². The zero-order valence-corrected chi connectivity index (χ0v) is 26.4. The van der Waals surface area contributed by atoms with E-state index in [0.29, 0.717) is 5.92 Å². The molecule has 0 N–H and O–H groups in total. The third-order valence-corrected chi connectivity index (χ3v) is 8.71. The zero-order chi connectivity index (χ0) is 25.8. The SMILES string of the molecule is CCc1cccc(CC)c1N=C1C(=Nc2c(CC)cccc2CC)C2(C)CCC1C2(C)C.[Br][Ni][Br]. The normalized spacial score (nSPS) is 24.8. The number of halogens is 2. The molecule has 0 saturated heterocycles. The van der Waals surface area contributed by atoms with Gasteiger partial charge in [-0.3, -0.25) is 9.98 Å². The molecule has 2 aliphatic rings. The fourth-order valence-corrected chi connectivity index (χ4v) is 6.11. The number of aryl methyl sites for hydroxylation is 4. The van der Waals surface area contributed by atoms with Crippen molar-refractivity contribution < 1.29 is 10.9 Å². The van der Waals surface area contributed by atoms with E-state index in [1.807, 2.05) is 0 Å². The van der Waals surface area contributed by atoms with Crippen molar-refractivity contribution in [2.75, 3.05) is 0 Å². The summed E-state index contributed by atoms with van der Waals surface area (Å²) in [6.45, 7) is 16.3. The predicted octanol–water partition coefficient (Wildman–Crippen LogP) is 9.93. The summed E-state index contributed by atoms with van der Waals surface area (Å²) >= 11 is 6.00. The fourth-order valence-electron chi connectivity index (χ4n) is 6.11. The Balaban J connectivity index is 0.00000108. The molecule has 2 unspecified atom stereocenters. The summed E-state index contributed by atoms with van der Waals surface area (Å²) in [7, 11) is 1.25. The molecule has 2 aliphatic carbocycles. The van der Waals surface area contributed by atoms with Gasteiger partial charge < -0.3 is 0 Å². The van der Waals surface area contributed by atoms with Crippen LogP contribution in [-0.4, -0.2) is 11.4 Å². The van der Waals surface area contributed by atoms with Gasteiger partial charge in [0.15, 0.2) is 0 Å². The quantitative estimate of drug-likeness (QED) is 0.279. The molecule has 2 nitrogen and oxygen atoms in total. The monoisotopic (exact) mass is 644 g/mol. The maximum absolute atomic E-state index is 5.52. The van der Waals surface area contributed by atoms with E-state index in [0.717, 1.165) is 25.7 Å². The van der Waals surface area contributed by atoms with Gasteiger partial charge in [0.25, 0.3) is 0 Å². The molecule has 2 bridgehead atoms. The van der Waals surface area contributed by atoms with Gasteiger partial charge >= 0.3 is 39.3 Å². The number of hydrogen-bond acceptors (Lipinski definition) is 2. The van der Waals surface area contributed by atoms with E-state index in [2.05, 4.69) is 113 Å². The summed E-state index contributed by atoms with van der Waals surface area (Å²) in [5.74, 6) is 0.472. The number of aliphatic imine (C=N–C) groups is 2. The summed E-state index contributed by atoms with van der Waals surface area (Å²) in [6.07, 6.45) is 6.46. The van der Waals surface area contributed by atoms with Gasteiger partial charge in [-0.2, -0.15) is 0 Å². The molecule has 2 aromatic carbocycles. The first-order valence-corrected chi connectivity index (χ1v) is 17.8. The molecule has 0 heterocycles. The van der Waals surface area contributed by atoms with Crippen LogP contribution >= 0.6 is 28.5 Å². The first-order valence-electron chi connectivity index (χ1n) is 13.0. The summed E-state index contributed by atoms with van der Waals surface area (Å²) in [4.78, 5) is 11.0. The third-order valence-electron chi connectivity index (χ3n) is 8.71. The Morgan fingerprint density at radius 3 is 1.57 bits per heavy atom. The van der Waals surface area contributed by atoms with Gasteiger partial charge in [0, 0.05) is 11.3 Å². The Bertz CT molecular complexity index is 1060. The van der Waals surface area contributed by atoms with Crippen molar-refractivity contribution in [2.24, 2.45) is 26.7 Å². The summed E-state index contributed by atoms with van der Waals surface area (Å²) in [5, 5.41) is 0. The Labute approximate surface area is 233 Å². The van der Waals surface area contributed by atoms with Gasteiger partial charge in [0.1, 0.15) is 0 Å². The molecule has 0 amide bonds. The van der Waals surface area contributed by atoms with Crippen molar-refractivity contribution in [1.29, 1.82) is 0 Å². The van der Waals surface area contributed by atoms with Crippen LogP contribution in [0.5, 0.6) is 0 Å². The van der Waals surface area contributed by atoms with Crippen molar-refractivity contribution in [1.82, 2.24) is 0 Å². The summed E-state index contributed by atoms with van der Waals surface area (Å²) in [5.41, 5.74) is 10.6. The summed E-state index contributed by atoms with van der Waals surface area (Å²) in [6, 6.07) is 13.4. The van der Waals surface area contributed by atoms with Crippen molar-refractivity contribution >= 4 is 51.2 Å². The molecule has 0 radical (unpaired) electrons. The van der Waals surface area contributed by atoms with E-state index in [-0.39, 0.29) is 10.8 Å². The van der Waals surface area contributed by atoms with E-state index in [1.54, 1.807) is 0 Å². The van der Waals surface area contributed by atoms with E-state index in [1.165, 1.54) is 68.8 Å². The predicted molar refractivity (Wildman–Crippen MR) is 157 cm³/mol. The molecule has 0 aliphatic heterocycles. The van der Waals surface area contributed by atoms with Crippen LogP contribution in [0.4, 0.5) is 11.4 Å². The molecule has 4 rings (SSSR count). The first-order chi connectivity index (χ1) is 16.7. The van der Waals surface area contributed by atoms with Crippen LogP contribution in [-0.2, 0) is 36.6 Å². The molecule has 2 fully saturated rings. The van der Waals surface area contributed by atoms with Crippen LogP contribution < -0.4 is 0 Å². The molecule has 35 heavy (non-hydrogen) atoms. The number of para-hydroxylation sites is 2. The Morgan fingerprint density at radius 2 is 1.17 bits per heavy atom. The van der Waals surface area contributed by atoms with E-state index >= 15 is 0 Å². The third kappa shape index (κ3) is 5.30. The topological polar surface area (TPSA) is 24.7 Å². The van der Waals surface area contributed by atoms with E-state index in [9.17, 15) is 0 Å². The molecular weight excluding hydrogens is 607 g/mol. The van der Waals surface area contributed by atoms with E-state index < -0.39 is 0 Å². The molecule has 5 heteroatoms. The molecule has 2 saturated carbocycles. The Morgan fingerprint density at radius 1 is 0.771 bits per heavy atom. The standard InChI is InChI=1S/C30H40N2.2BrH.Ni/c1-8-20-14-12-15-21(9-2)25(20)31-27-24-18-19-30(7,29(24,5)6)28(27)32-26-22(10-3)16-13-17-23(26)11-4;;;/h12-17,24H,8-11,18-19H2,1-7H3;2*1H;/q;;;+2/p-2. The maximum atomic E-state index is 5.52. The van der Waals surface area contributed by atoms with Gasteiger partial charge in [-0.25, -0.2) is 0 Å². The van der Waals surface area contributed by atoms with Crippen LogP contribution in [0, 0.1) is 16.7 Å². The van der Waals surface area contributed by atoms with Gasteiger partial charge in [-0.05, 0) is 66.2 Å². The zero-order valence-electron chi connectivity index (χ0n) is 22.3. The van der Waals surface area contributed by atoms with Gasteiger partial charge in [0.05, 0.1) is 22.8 Å². The average molecular weight is 647 g/mol. The fraction of sp³-hybridized carbons (Fsp3) is 0.533. The molecule has 0 aromatic heterocycles. The molecule has 2 atom stereocenters. The van der Waals surface area contributed by atoms with Crippen LogP contribution in [0.15, 0.2) is 46.4 Å². The Kier molecular flexibility index (Phi) is 10.0. The van der Waals surface area contributed by atoms with Crippen molar-refractivity contribution in [3.8, 4) is 0 Å². The van der Waals surface area contributed by atoms with Gasteiger partial charge in [0.2, 0.25) is 0 Å². The number of hydrogen-bond donors (Lipinski definition) is 0. The van der Waals surface area contributed by atoms with Crippen LogP contribution in [0.1, 0.15) is 83.6 Å². The van der Waals surface area contributed by atoms with Crippen LogP contribution in [0.2, 0.25) is 0 Å². The minimum absolute atomic E-state index is 0.0654. The molecule has 2 aromatic rings. The van der Waals surface area contributed by atoms with Gasteiger partial charge in [-0.15, -0.1) is 0 Å². The average Bonchev–Trinajstić information content (AvgIpc) is 3.17. The second-order valence-electron chi connectivity index (χ2n) is 10.4. The number of benzene rings is 2. The van der Waals surface area contributed by atoms with Crippen LogP contribution in [0.3, 0.4) is 0 Å². The first kappa shape index (κ1) is 28.8. The molecule has 194 valence electrons. The molecule has 0 spiro atoms. The van der Waals surface area contributed by atoms with E-state index in [4.69, 9.17) is 9.98 Å². The number of fused-ring (bicyclic) bond motifs is 2. The second kappa shape index (κ2) is 12.2. The van der Waals surface area contributed by atoms with Crippen molar-refractivity contribution in [3.63, 3.8) is 0 Å². The Hall–Kier alpha value is -0.766. The number of nitrogens with zero attached hydrogens (tertiary/aromatic N) is 2.